The maximum atomic E-state index is 12.8. The van der Waals surface area contributed by atoms with Crippen LogP contribution >= 0.6 is 0 Å². The molecule has 2 N–H and O–H groups in total. The Balaban J connectivity index is 1.84. The Labute approximate surface area is 164 Å². The first-order valence-corrected chi connectivity index (χ1v) is 9.33. The van der Waals surface area contributed by atoms with E-state index in [0.717, 1.165) is 16.6 Å². The Morgan fingerprint density at radius 2 is 1.96 bits per heavy atom. The molecule has 6 nitrogen and oxygen atoms in total. The van der Waals surface area contributed by atoms with E-state index >= 15 is 0 Å². The molecule has 2 amide bonds. The number of carbonyl (C=O) groups is 2. The molecular weight excluding hydrogens is 352 g/mol. The lowest BCUT2D eigenvalue weighted by Crippen LogP contribution is -2.26. The maximum Gasteiger partial charge on any atom is 0.252 e. The average Bonchev–Trinajstić information content (AvgIpc) is 2.67. The van der Waals surface area contributed by atoms with Crippen LogP contribution in [0.2, 0.25) is 0 Å². The Morgan fingerprint density at radius 3 is 2.68 bits per heavy atom. The van der Waals surface area contributed by atoms with Crippen LogP contribution in [0.4, 0.5) is 5.69 Å². The summed E-state index contributed by atoms with van der Waals surface area (Å²) in [6.07, 6.45) is 4.20. The van der Waals surface area contributed by atoms with Crippen molar-refractivity contribution < 1.29 is 9.59 Å². The third-order valence-corrected chi connectivity index (χ3v) is 4.40. The smallest absolute Gasteiger partial charge is 0.252 e. The molecule has 3 rings (SSSR count). The second kappa shape index (κ2) is 8.61. The van der Waals surface area contributed by atoms with Crippen molar-refractivity contribution in [1.29, 1.82) is 0 Å². The van der Waals surface area contributed by atoms with Gasteiger partial charge in [0.15, 0.2) is 0 Å². The Morgan fingerprint density at radius 1 is 1.14 bits per heavy atom. The fraction of sp³-hybridized carbons (Fsp3) is 0.273. The van der Waals surface area contributed by atoms with E-state index in [0.29, 0.717) is 29.7 Å². The number of carbonyl (C=O) groups excluding carboxylic acids is 2. The van der Waals surface area contributed by atoms with Gasteiger partial charge < -0.3 is 10.6 Å². The standard InChI is InChI=1S/C22H24N4O2/c1-14(2)21(27)26-17-11-19(18-7-6-15(3)25-20(18)12-17)22(28)24-10-8-16-5-4-9-23-13-16/h4-7,9,11-14H,8,10H2,1-3H3,(H,24,28)(H,26,27). The number of nitrogens with one attached hydrogen (secondary N) is 2. The number of rotatable bonds is 6. The van der Waals surface area contributed by atoms with E-state index in [9.17, 15) is 9.59 Å². The van der Waals surface area contributed by atoms with Gasteiger partial charge in [0.25, 0.3) is 5.91 Å². The molecule has 0 radical (unpaired) electrons. The topological polar surface area (TPSA) is 84.0 Å². The second-order valence-corrected chi connectivity index (χ2v) is 7.05. The van der Waals surface area contributed by atoms with E-state index in [4.69, 9.17) is 0 Å². The van der Waals surface area contributed by atoms with Crippen molar-refractivity contribution in [2.75, 3.05) is 11.9 Å². The van der Waals surface area contributed by atoms with Crippen LogP contribution in [0.25, 0.3) is 10.9 Å². The summed E-state index contributed by atoms with van der Waals surface area (Å²) in [7, 11) is 0. The van der Waals surface area contributed by atoms with Gasteiger partial charge in [-0.2, -0.15) is 0 Å². The van der Waals surface area contributed by atoms with Crippen molar-refractivity contribution in [3.05, 3.63) is 65.6 Å². The molecule has 0 fully saturated rings. The van der Waals surface area contributed by atoms with E-state index in [1.54, 1.807) is 24.5 Å². The number of fused-ring (bicyclic) bond motifs is 1. The molecule has 1 aromatic carbocycles. The number of nitrogens with zero attached hydrogens (tertiary/aromatic N) is 2. The van der Waals surface area contributed by atoms with Crippen molar-refractivity contribution >= 4 is 28.4 Å². The number of aryl methyl sites for hydroxylation is 1. The van der Waals surface area contributed by atoms with Crippen LogP contribution in [0.3, 0.4) is 0 Å². The number of aromatic nitrogens is 2. The highest BCUT2D eigenvalue weighted by molar-refractivity contribution is 6.08. The summed E-state index contributed by atoms with van der Waals surface area (Å²) in [5, 5.41) is 6.57. The molecule has 144 valence electrons. The first-order valence-electron chi connectivity index (χ1n) is 9.33. The van der Waals surface area contributed by atoms with Gasteiger partial charge in [0.05, 0.1) is 11.1 Å². The van der Waals surface area contributed by atoms with Gasteiger partial charge in [0.1, 0.15) is 0 Å². The Hall–Kier alpha value is -3.28. The SMILES string of the molecule is Cc1ccc2c(C(=O)NCCc3cccnc3)cc(NC(=O)C(C)C)cc2n1. The monoisotopic (exact) mass is 376 g/mol. The molecule has 6 heteroatoms. The molecule has 2 aromatic heterocycles. The molecule has 3 aromatic rings. The number of pyridine rings is 2. The maximum absolute atomic E-state index is 12.8. The van der Waals surface area contributed by atoms with Crippen LogP contribution < -0.4 is 10.6 Å². The normalized spacial score (nSPS) is 10.9. The van der Waals surface area contributed by atoms with Gasteiger partial charge in [-0.3, -0.25) is 19.6 Å². The minimum Gasteiger partial charge on any atom is -0.352 e. The summed E-state index contributed by atoms with van der Waals surface area (Å²) < 4.78 is 0. The molecule has 28 heavy (non-hydrogen) atoms. The number of hydrogen-bond acceptors (Lipinski definition) is 4. The van der Waals surface area contributed by atoms with Crippen LogP contribution in [0.5, 0.6) is 0 Å². The number of benzene rings is 1. The summed E-state index contributed by atoms with van der Waals surface area (Å²) >= 11 is 0. The Kier molecular flexibility index (Phi) is 5.99. The number of hydrogen-bond donors (Lipinski definition) is 2. The molecular formula is C22H24N4O2. The third kappa shape index (κ3) is 4.71. The third-order valence-electron chi connectivity index (χ3n) is 4.40. The molecule has 0 spiro atoms. The predicted octanol–water partition coefficient (Wildman–Crippen LogP) is 3.51. The van der Waals surface area contributed by atoms with E-state index in [1.807, 2.05) is 45.0 Å². The summed E-state index contributed by atoms with van der Waals surface area (Å²) in [4.78, 5) is 33.5. The quantitative estimate of drug-likeness (QED) is 0.690. The lowest BCUT2D eigenvalue weighted by atomic mass is 10.0. The molecule has 0 aliphatic rings. The van der Waals surface area contributed by atoms with Crippen molar-refractivity contribution in [2.45, 2.75) is 27.2 Å². The van der Waals surface area contributed by atoms with Gasteiger partial charge in [-0.05, 0) is 43.2 Å². The van der Waals surface area contributed by atoms with Gasteiger partial charge >= 0.3 is 0 Å². The zero-order valence-electron chi connectivity index (χ0n) is 16.3. The molecule has 0 atom stereocenters. The van der Waals surface area contributed by atoms with Gasteiger partial charge in [0, 0.05) is 41.6 Å². The molecule has 0 aliphatic heterocycles. The van der Waals surface area contributed by atoms with Gasteiger partial charge in [0.2, 0.25) is 5.91 Å². The van der Waals surface area contributed by atoms with Gasteiger partial charge in [-0.25, -0.2) is 0 Å². The van der Waals surface area contributed by atoms with Crippen LogP contribution in [0, 0.1) is 12.8 Å². The van der Waals surface area contributed by atoms with Crippen molar-refractivity contribution in [3.63, 3.8) is 0 Å². The van der Waals surface area contributed by atoms with E-state index < -0.39 is 0 Å². The zero-order chi connectivity index (χ0) is 20.1. The Bertz CT molecular complexity index is 1000. The van der Waals surface area contributed by atoms with Crippen LogP contribution in [0.15, 0.2) is 48.8 Å². The minimum absolute atomic E-state index is 0.102. The van der Waals surface area contributed by atoms with Crippen molar-refractivity contribution in [1.82, 2.24) is 15.3 Å². The van der Waals surface area contributed by atoms with Gasteiger partial charge in [-0.15, -0.1) is 0 Å². The largest absolute Gasteiger partial charge is 0.352 e. The summed E-state index contributed by atoms with van der Waals surface area (Å²) in [6.45, 7) is 6.04. The minimum atomic E-state index is -0.194. The highest BCUT2D eigenvalue weighted by atomic mass is 16.2. The van der Waals surface area contributed by atoms with E-state index in [1.165, 1.54) is 0 Å². The number of anilines is 1. The number of amides is 2. The molecule has 2 heterocycles. The highest BCUT2D eigenvalue weighted by Gasteiger charge is 2.15. The second-order valence-electron chi connectivity index (χ2n) is 7.05. The van der Waals surface area contributed by atoms with Crippen LogP contribution in [-0.4, -0.2) is 28.3 Å². The fourth-order valence-corrected chi connectivity index (χ4v) is 2.85. The summed E-state index contributed by atoms with van der Waals surface area (Å²) in [6, 6.07) is 11.1. The van der Waals surface area contributed by atoms with Gasteiger partial charge in [-0.1, -0.05) is 26.0 Å². The first kappa shape index (κ1) is 19.5. The van der Waals surface area contributed by atoms with E-state index in [2.05, 4.69) is 20.6 Å². The lowest BCUT2D eigenvalue weighted by molar-refractivity contribution is -0.118. The molecule has 0 aliphatic carbocycles. The van der Waals surface area contributed by atoms with E-state index in [-0.39, 0.29) is 17.7 Å². The fourth-order valence-electron chi connectivity index (χ4n) is 2.85. The zero-order valence-corrected chi connectivity index (χ0v) is 16.3. The lowest BCUT2D eigenvalue weighted by Gasteiger charge is -2.13. The summed E-state index contributed by atoms with van der Waals surface area (Å²) in [5.41, 5.74) is 3.65. The predicted molar refractivity (Wildman–Crippen MR) is 110 cm³/mol. The highest BCUT2D eigenvalue weighted by Crippen LogP contribution is 2.24. The summed E-state index contributed by atoms with van der Waals surface area (Å²) in [5.74, 6) is -0.451. The molecule has 0 unspecified atom stereocenters. The molecule has 0 saturated heterocycles. The van der Waals surface area contributed by atoms with Crippen molar-refractivity contribution in [3.8, 4) is 0 Å². The molecule has 0 saturated carbocycles. The van der Waals surface area contributed by atoms with Crippen molar-refractivity contribution in [2.24, 2.45) is 5.92 Å². The van der Waals surface area contributed by atoms with Crippen LogP contribution in [-0.2, 0) is 11.2 Å². The molecule has 0 bridgehead atoms. The first-order chi connectivity index (χ1) is 13.4. The average molecular weight is 376 g/mol. The van der Waals surface area contributed by atoms with Crippen LogP contribution in [0.1, 0.15) is 35.5 Å².